The van der Waals surface area contributed by atoms with Gasteiger partial charge in [-0.05, 0) is 36.2 Å². The van der Waals surface area contributed by atoms with Crippen molar-refractivity contribution in [3.05, 3.63) is 96.6 Å². The van der Waals surface area contributed by atoms with Crippen molar-refractivity contribution in [3.63, 3.8) is 0 Å². The minimum absolute atomic E-state index is 0.000741. The summed E-state index contributed by atoms with van der Waals surface area (Å²) in [6.07, 6.45) is 1.46. The van der Waals surface area contributed by atoms with Gasteiger partial charge in [-0.3, -0.25) is 9.20 Å². The summed E-state index contributed by atoms with van der Waals surface area (Å²) in [4.78, 5) is 35.5. The van der Waals surface area contributed by atoms with E-state index in [1.54, 1.807) is 13.0 Å². The Morgan fingerprint density at radius 2 is 1.77 bits per heavy atom. The minimum atomic E-state index is -1.23. The molecule has 0 saturated heterocycles. The van der Waals surface area contributed by atoms with Crippen LogP contribution in [-0.2, 0) is 13.1 Å². The molecule has 0 spiro atoms. The van der Waals surface area contributed by atoms with Crippen molar-refractivity contribution in [2.24, 2.45) is 0 Å². The molecule has 2 N–H and O–H groups in total. The van der Waals surface area contributed by atoms with Crippen molar-refractivity contribution in [3.8, 4) is 0 Å². The second-order valence-corrected chi connectivity index (χ2v) is 9.39. The number of nitrogens with one attached hydrogen (secondary N) is 1. The normalized spacial score (nSPS) is 13.7. The van der Waals surface area contributed by atoms with Gasteiger partial charge in [-0.25, -0.2) is 14.8 Å². The molecular weight excluding hydrogens is 513 g/mol. The van der Waals surface area contributed by atoms with E-state index in [2.05, 4.69) is 10.3 Å². The molecule has 4 aromatic rings. The summed E-state index contributed by atoms with van der Waals surface area (Å²) in [7, 11) is 0. The summed E-state index contributed by atoms with van der Waals surface area (Å²) in [5.74, 6) is -0.849. The third-order valence-electron chi connectivity index (χ3n) is 5.89. The lowest BCUT2D eigenvalue weighted by atomic mass is 10.1. The van der Waals surface area contributed by atoms with Crippen LogP contribution in [0.4, 0.5) is 11.5 Å². The number of benzene rings is 1. The summed E-state index contributed by atoms with van der Waals surface area (Å²) in [6.45, 7) is 2.96. The number of nitrogens with zero attached hydrogens (tertiary/aromatic N) is 4. The SMILES string of the molecule is C[C@@H](Nc1ccc(Cl)nc1C(=O)O)c1cc(Cl)cn2c(=O)c(Cl)c(N3Cc4ccccc4C3)nc12. The van der Waals surface area contributed by atoms with Crippen LogP contribution in [-0.4, -0.2) is 25.4 Å². The Morgan fingerprint density at radius 1 is 1.09 bits per heavy atom. The van der Waals surface area contributed by atoms with Gasteiger partial charge in [-0.2, -0.15) is 0 Å². The fraction of sp³-hybridized carbons (Fsp3) is 0.167. The molecule has 178 valence electrons. The van der Waals surface area contributed by atoms with E-state index in [-0.39, 0.29) is 21.6 Å². The van der Waals surface area contributed by atoms with Crippen LogP contribution in [0.3, 0.4) is 0 Å². The van der Waals surface area contributed by atoms with Crippen LogP contribution < -0.4 is 15.8 Å². The second kappa shape index (κ2) is 9.03. The topological polar surface area (TPSA) is 99.8 Å². The van der Waals surface area contributed by atoms with Crippen LogP contribution in [0.25, 0.3) is 5.65 Å². The summed E-state index contributed by atoms with van der Waals surface area (Å²) >= 11 is 18.7. The molecule has 0 fully saturated rings. The van der Waals surface area contributed by atoms with E-state index in [1.807, 2.05) is 29.2 Å². The first-order valence-corrected chi connectivity index (χ1v) is 11.8. The molecule has 1 aliphatic heterocycles. The highest BCUT2D eigenvalue weighted by atomic mass is 35.5. The number of carbonyl (C=O) groups is 1. The number of carboxylic acid groups (broad SMARTS) is 1. The van der Waals surface area contributed by atoms with Crippen molar-refractivity contribution in [2.45, 2.75) is 26.1 Å². The molecule has 0 aliphatic carbocycles. The number of aromatic nitrogens is 3. The van der Waals surface area contributed by atoms with Crippen LogP contribution in [0.5, 0.6) is 0 Å². The molecule has 1 atom stereocenters. The third-order valence-corrected chi connectivity index (χ3v) is 6.64. The maximum Gasteiger partial charge on any atom is 0.356 e. The van der Waals surface area contributed by atoms with E-state index >= 15 is 0 Å². The van der Waals surface area contributed by atoms with Crippen LogP contribution >= 0.6 is 34.8 Å². The average Bonchev–Trinajstić information content (AvgIpc) is 3.26. The number of halogens is 3. The standard InChI is InChI=1S/C24H18Cl3N5O3/c1-12(28-17-6-7-18(26)29-20(17)24(34)35)16-8-15(25)11-32-21(16)30-22(19(27)23(32)33)31-9-13-4-2-3-5-14(13)10-31/h2-8,11-12,28H,9-10H2,1H3,(H,34,35)/t12-/m1/s1. The Labute approximate surface area is 214 Å². The van der Waals surface area contributed by atoms with E-state index in [0.29, 0.717) is 35.1 Å². The molecule has 0 amide bonds. The van der Waals surface area contributed by atoms with Crippen LogP contribution in [0, 0.1) is 0 Å². The first-order chi connectivity index (χ1) is 16.7. The summed E-state index contributed by atoms with van der Waals surface area (Å²) < 4.78 is 1.31. The average molecular weight is 531 g/mol. The number of anilines is 2. The largest absolute Gasteiger partial charge is 0.476 e. The molecule has 0 bridgehead atoms. The molecular formula is C24H18Cl3N5O3. The number of pyridine rings is 2. The number of fused-ring (bicyclic) bond motifs is 2. The number of aromatic carboxylic acids is 1. The Balaban J connectivity index is 1.60. The zero-order valence-electron chi connectivity index (χ0n) is 18.3. The van der Waals surface area contributed by atoms with Crippen molar-refractivity contribution >= 4 is 57.9 Å². The molecule has 4 heterocycles. The van der Waals surface area contributed by atoms with E-state index < -0.39 is 17.6 Å². The molecule has 1 aliphatic rings. The van der Waals surface area contributed by atoms with E-state index in [0.717, 1.165) is 11.1 Å². The van der Waals surface area contributed by atoms with Crippen molar-refractivity contribution in [1.82, 2.24) is 14.4 Å². The van der Waals surface area contributed by atoms with E-state index in [4.69, 9.17) is 39.8 Å². The van der Waals surface area contributed by atoms with Crippen LogP contribution in [0.15, 0.2) is 53.5 Å². The Morgan fingerprint density at radius 3 is 2.43 bits per heavy atom. The quantitative estimate of drug-likeness (QED) is 0.331. The molecule has 35 heavy (non-hydrogen) atoms. The smallest absolute Gasteiger partial charge is 0.356 e. The monoisotopic (exact) mass is 529 g/mol. The maximum atomic E-state index is 13.2. The molecule has 3 aromatic heterocycles. The van der Waals surface area contributed by atoms with Gasteiger partial charge in [0.15, 0.2) is 11.5 Å². The molecule has 0 saturated carbocycles. The van der Waals surface area contributed by atoms with Gasteiger partial charge in [0.2, 0.25) is 0 Å². The second-order valence-electron chi connectivity index (χ2n) is 8.19. The molecule has 1 aromatic carbocycles. The fourth-order valence-corrected chi connectivity index (χ4v) is 4.85. The Hall–Kier alpha value is -3.33. The van der Waals surface area contributed by atoms with E-state index in [9.17, 15) is 14.7 Å². The van der Waals surface area contributed by atoms with Gasteiger partial charge in [0.05, 0.1) is 16.8 Å². The molecule has 0 radical (unpaired) electrons. The minimum Gasteiger partial charge on any atom is -0.476 e. The first-order valence-electron chi connectivity index (χ1n) is 10.6. The number of rotatable bonds is 5. The fourth-order valence-electron chi connectivity index (χ4n) is 4.23. The van der Waals surface area contributed by atoms with Gasteiger partial charge in [0.25, 0.3) is 5.56 Å². The van der Waals surface area contributed by atoms with Crippen molar-refractivity contribution < 1.29 is 9.90 Å². The first kappa shape index (κ1) is 23.4. The van der Waals surface area contributed by atoms with Gasteiger partial charge in [0.1, 0.15) is 15.8 Å². The van der Waals surface area contributed by atoms with Gasteiger partial charge in [-0.15, -0.1) is 0 Å². The zero-order chi connectivity index (χ0) is 24.9. The number of carboxylic acids is 1. The molecule has 0 unspecified atom stereocenters. The molecule has 8 nitrogen and oxygen atoms in total. The number of hydrogen-bond donors (Lipinski definition) is 2. The zero-order valence-corrected chi connectivity index (χ0v) is 20.6. The third kappa shape index (κ3) is 4.29. The summed E-state index contributed by atoms with van der Waals surface area (Å²) in [5.41, 5.74) is 2.82. The highest BCUT2D eigenvalue weighted by Crippen LogP contribution is 2.33. The van der Waals surface area contributed by atoms with Gasteiger partial charge in [0, 0.05) is 24.8 Å². The predicted octanol–water partition coefficient (Wildman–Crippen LogP) is 5.44. The van der Waals surface area contributed by atoms with Gasteiger partial charge >= 0.3 is 5.97 Å². The van der Waals surface area contributed by atoms with Crippen molar-refractivity contribution in [1.29, 1.82) is 0 Å². The highest BCUT2D eigenvalue weighted by Gasteiger charge is 2.26. The van der Waals surface area contributed by atoms with Crippen LogP contribution in [0.1, 0.15) is 40.1 Å². The summed E-state index contributed by atoms with van der Waals surface area (Å²) in [5, 5.41) is 13.0. The Bertz CT molecular complexity index is 1530. The Kier molecular flexibility index (Phi) is 6.04. The lowest BCUT2D eigenvalue weighted by Crippen LogP contribution is -2.25. The lowest BCUT2D eigenvalue weighted by Gasteiger charge is -2.22. The van der Waals surface area contributed by atoms with E-state index in [1.165, 1.54) is 22.7 Å². The predicted molar refractivity (Wildman–Crippen MR) is 136 cm³/mol. The van der Waals surface area contributed by atoms with Gasteiger partial charge < -0.3 is 15.3 Å². The molecule has 5 rings (SSSR count). The summed E-state index contributed by atoms with van der Waals surface area (Å²) in [6, 6.07) is 12.2. The van der Waals surface area contributed by atoms with Gasteiger partial charge in [-0.1, -0.05) is 59.1 Å². The number of hydrogen-bond acceptors (Lipinski definition) is 6. The molecule has 11 heteroatoms. The highest BCUT2D eigenvalue weighted by molar-refractivity contribution is 6.33. The maximum absolute atomic E-state index is 13.2. The van der Waals surface area contributed by atoms with Crippen LogP contribution in [0.2, 0.25) is 15.2 Å². The lowest BCUT2D eigenvalue weighted by molar-refractivity contribution is 0.0691. The van der Waals surface area contributed by atoms with Crippen molar-refractivity contribution in [2.75, 3.05) is 10.2 Å².